The molecular weight excluding hydrogens is 290 g/mol. The molecule has 0 saturated heterocycles. The number of aromatic nitrogens is 4. The Bertz CT molecular complexity index is 733. The van der Waals surface area contributed by atoms with E-state index in [9.17, 15) is 4.79 Å². The molecule has 0 unspecified atom stereocenters. The Morgan fingerprint density at radius 1 is 1.09 bits per heavy atom. The highest BCUT2D eigenvalue weighted by molar-refractivity contribution is 5.93. The molecule has 0 atom stereocenters. The maximum atomic E-state index is 12.1. The van der Waals surface area contributed by atoms with E-state index in [1.165, 1.54) is 0 Å². The second-order valence-electron chi connectivity index (χ2n) is 5.29. The van der Waals surface area contributed by atoms with E-state index in [1.807, 2.05) is 47.3 Å². The van der Waals surface area contributed by atoms with Crippen LogP contribution in [-0.4, -0.2) is 32.0 Å². The van der Waals surface area contributed by atoms with Crippen LogP contribution >= 0.6 is 0 Å². The average Bonchev–Trinajstić information content (AvgIpc) is 3.24. The summed E-state index contributed by atoms with van der Waals surface area (Å²) >= 11 is 0. The minimum atomic E-state index is -0.0928. The molecule has 2 aromatic heterocycles. The molecule has 0 bridgehead atoms. The number of benzene rings is 1. The number of nitrogens with zero attached hydrogens (tertiary/aromatic N) is 4. The summed E-state index contributed by atoms with van der Waals surface area (Å²) in [7, 11) is 0. The second kappa shape index (κ2) is 7.40. The fraction of sp³-hybridized carbons (Fsp3) is 0.235. The van der Waals surface area contributed by atoms with Crippen molar-refractivity contribution in [1.29, 1.82) is 0 Å². The Balaban J connectivity index is 1.46. The van der Waals surface area contributed by atoms with Gasteiger partial charge in [-0.05, 0) is 18.1 Å². The van der Waals surface area contributed by atoms with Gasteiger partial charge in [-0.3, -0.25) is 14.2 Å². The van der Waals surface area contributed by atoms with Crippen molar-refractivity contribution in [2.45, 2.75) is 19.5 Å². The summed E-state index contributed by atoms with van der Waals surface area (Å²) in [6.45, 7) is 2.07. The van der Waals surface area contributed by atoms with Crippen LogP contribution in [-0.2, 0) is 13.1 Å². The number of carbonyl (C=O) groups is 1. The number of amides is 1. The standard InChI is InChI=1S/C17H19N5O/c23-17(18-8-4-10-21-11-5-9-19-21)16-12-20-22(14-16)13-15-6-2-1-3-7-15/h1-3,5-7,9,11-12,14H,4,8,10,13H2,(H,18,23). The summed E-state index contributed by atoms with van der Waals surface area (Å²) in [5.41, 5.74) is 1.74. The number of nitrogens with one attached hydrogen (secondary N) is 1. The Hall–Kier alpha value is -2.89. The zero-order valence-corrected chi connectivity index (χ0v) is 12.8. The lowest BCUT2D eigenvalue weighted by molar-refractivity contribution is 0.0952. The molecular formula is C17H19N5O. The number of hydrogen-bond acceptors (Lipinski definition) is 3. The summed E-state index contributed by atoms with van der Waals surface area (Å²) < 4.78 is 3.62. The quantitative estimate of drug-likeness (QED) is 0.678. The molecule has 1 aromatic carbocycles. The van der Waals surface area contributed by atoms with Crippen LogP contribution in [0.25, 0.3) is 0 Å². The molecule has 0 radical (unpaired) electrons. The van der Waals surface area contributed by atoms with Gasteiger partial charge in [-0.1, -0.05) is 30.3 Å². The van der Waals surface area contributed by atoms with Crippen LogP contribution in [0.2, 0.25) is 0 Å². The van der Waals surface area contributed by atoms with E-state index in [0.29, 0.717) is 18.7 Å². The summed E-state index contributed by atoms with van der Waals surface area (Å²) in [6.07, 6.45) is 7.88. The van der Waals surface area contributed by atoms with Crippen LogP contribution in [0.3, 0.4) is 0 Å². The van der Waals surface area contributed by atoms with Gasteiger partial charge in [0.1, 0.15) is 0 Å². The van der Waals surface area contributed by atoms with Crippen LogP contribution in [0.15, 0.2) is 61.2 Å². The zero-order valence-electron chi connectivity index (χ0n) is 12.8. The lowest BCUT2D eigenvalue weighted by Crippen LogP contribution is -2.25. The van der Waals surface area contributed by atoms with E-state index in [2.05, 4.69) is 15.5 Å². The van der Waals surface area contributed by atoms with E-state index in [1.54, 1.807) is 23.3 Å². The van der Waals surface area contributed by atoms with Crippen molar-refractivity contribution in [3.8, 4) is 0 Å². The van der Waals surface area contributed by atoms with Gasteiger partial charge in [-0.25, -0.2) is 0 Å². The molecule has 6 nitrogen and oxygen atoms in total. The molecule has 6 heteroatoms. The Kier molecular flexibility index (Phi) is 4.83. The smallest absolute Gasteiger partial charge is 0.254 e. The molecule has 23 heavy (non-hydrogen) atoms. The maximum Gasteiger partial charge on any atom is 0.254 e. The molecule has 3 rings (SSSR count). The van der Waals surface area contributed by atoms with Gasteiger partial charge < -0.3 is 5.32 Å². The minimum Gasteiger partial charge on any atom is -0.352 e. The SMILES string of the molecule is O=C(NCCCn1cccn1)c1cnn(Cc2ccccc2)c1. The molecule has 1 amide bonds. The van der Waals surface area contributed by atoms with Crippen LogP contribution in [0.4, 0.5) is 0 Å². The molecule has 2 heterocycles. The number of carbonyl (C=O) groups excluding carboxylic acids is 1. The molecule has 0 spiro atoms. The van der Waals surface area contributed by atoms with E-state index in [-0.39, 0.29) is 5.91 Å². The summed E-state index contributed by atoms with van der Waals surface area (Å²) in [5.74, 6) is -0.0928. The second-order valence-corrected chi connectivity index (χ2v) is 5.29. The highest BCUT2D eigenvalue weighted by Crippen LogP contribution is 2.04. The van der Waals surface area contributed by atoms with Gasteiger partial charge in [-0.15, -0.1) is 0 Å². The van der Waals surface area contributed by atoms with Gasteiger partial charge >= 0.3 is 0 Å². The molecule has 3 aromatic rings. The van der Waals surface area contributed by atoms with Crippen molar-refractivity contribution in [2.24, 2.45) is 0 Å². The van der Waals surface area contributed by atoms with Crippen molar-refractivity contribution < 1.29 is 4.79 Å². The maximum absolute atomic E-state index is 12.1. The van der Waals surface area contributed by atoms with Gasteiger partial charge in [0.05, 0.1) is 18.3 Å². The first-order chi connectivity index (χ1) is 11.3. The lowest BCUT2D eigenvalue weighted by Gasteiger charge is -2.04. The number of rotatable bonds is 7. The molecule has 0 aliphatic rings. The van der Waals surface area contributed by atoms with E-state index < -0.39 is 0 Å². The molecule has 1 N–H and O–H groups in total. The van der Waals surface area contributed by atoms with Crippen LogP contribution in [0, 0.1) is 0 Å². The van der Waals surface area contributed by atoms with Gasteiger partial charge in [0.2, 0.25) is 0 Å². The van der Waals surface area contributed by atoms with Gasteiger partial charge in [0.15, 0.2) is 0 Å². The van der Waals surface area contributed by atoms with E-state index >= 15 is 0 Å². The molecule has 118 valence electrons. The third-order valence-corrected chi connectivity index (χ3v) is 3.49. The van der Waals surface area contributed by atoms with E-state index in [0.717, 1.165) is 18.5 Å². The lowest BCUT2D eigenvalue weighted by atomic mass is 10.2. The normalized spacial score (nSPS) is 10.6. The number of aryl methyl sites for hydroxylation is 1. The Labute approximate surface area is 134 Å². The minimum absolute atomic E-state index is 0.0928. The fourth-order valence-electron chi connectivity index (χ4n) is 2.32. The summed E-state index contributed by atoms with van der Waals surface area (Å²) in [6, 6.07) is 11.9. The average molecular weight is 309 g/mol. The zero-order chi connectivity index (χ0) is 15.9. The first kappa shape index (κ1) is 15.0. The van der Waals surface area contributed by atoms with Gasteiger partial charge in [-0.2, -0.15) is 10.2 Å². The van der Waals surface area contributed by atoms with Crippen LogP contribution in [0.1, 0.15) is 22.3 Å². The predicted molar refractivity (Wildman–Crippen MR) is 86.9 cm³/mol. The summed E-state index contributed by atoms with van der Waals surface area (Å²) in [4.78, 5) is 12.1. The van der Waals surface area contributed by atoms with Crippen molar-refractivity contribution in [2.75, 3.05) is 6.54 Å². The molecule has 0 aliphatic heterocycles. The van der Waals surface area contributed by atoms with Crippen molar-refractivity contribution >= 4 is 5.91 Å². The predicted octanol–water partition coefficient (Wildman–Crippen LogP) is 1.95. The van der Waals surface area contributed by atoms with Crippen molar-refractivity contribution in [1.82, 2.24) is 24.9 Å². The summed E-state index contributed by atoms with van der Waals surface area (Å²) in [5, 5.41) is 11.3. The largest absolute Gasteiger partial charge is 0.352 e. The molecule has 0 aliphatic carbocycles. The molecule has 0 saturated carbocycles. The van der Waals surface area contributed by atoms with Crippen molar-refractivity contribution in [3.63, 3.8) is 0 Å². The Morgan fingerprint density at radius 3 is 2.74 bits per heavy atom. The first-order valence-corrected chi connectivity index (χ1v) is 7.63. The highest BCUT2D eigenvalue weighted by atomic mass is 16.1. The third kappa shape index (κ3) is 4.29. The monoisotopic (exact) mass is 309 g/mol. The van der Waals surface area contributed by atoms with Crippen LogP contribution < -0.4 is 5.32 Å². The Morgan fingerprint density at radius 2 is 1.96 bits per heavy atom. The van der Waals surface area contributed by atoms with Crippen LogP contribution in [0.5, 0.6) is 0 Å². The topological polar surface area (TPSA) is 64.7 Å². The fourth-order valence-corrected chi connectivity index (χ4v) is 2.32. The highest BCUT2D eigenvalue weighted by Gasteiger charge is 2.08. The number of hydrogen-bond donors (Lipinski definition) is 1. The third-order valence-electron chi connectivity index (χ3n) is 3.49. The van der Waals surface area contributed by atoms with Gasteiger partial charge in [0.25, 0.3) is 5.91 Å². The van der Waals surface area contributed by atoms with Crippen molar-refractivity contribution in [3.05, 3.63) is 72.3 Å². The van der Waals surface area contributed by atoms with Gasteiger partial charge in [0, 0.05) is 31.7 Å². The van der Waals surface area contributed by atoms with E-state index in [4.69, 9.17) is 0 Å². The molecule has 0 fully saturated rings. The first-order valence-electron chi connectivity index (χ1n) is 7.63.